The highest BCUT2D eigenvalue weighted by Gasteiger charge is 2.24. The zero-order valence-electron chi connectivity index (χ0n) is 13.1. The number of thiophene rings is 1. The van der Waals surface area contributed by atoms with E-state index in [2.05, 4.69) is 22.3 Å². The molecule has 2 heterocycles. The standard InChI is InChI=1S/C17H23N3OS/c1-18-11-4-2-5-12(9-8-11)21-16-15-13-6-3-7-14(13)22-17(15)20-10-19-16/h10-12,18H,2-9H2,1H3/t11-,12?/m1/s1. The Hall–Kier alpha value is -1.20. The molecular weight excluding hydrogens is 294 g/mol. The zero-order valence-corrected chi connectivity index (χ0v) is 13.9. The van der Waals surface area contributed by atoms with E-state index in [0.29, 0.717) is 12.1 Å². The van der Waals surface area contributed by atoms with Crippen molar-refractivity contribution >= 4 is 21.6 Å². The highest BCUT2D eigenvalue weighted by Crippen LogP contribution is 2.40. The fourth-order valence-corrected chi connectivity index (χ4v) is 5.04. The van der Waals surface area contributed by atoms with Crippen LogP contribution in [0.15, 0.2) is 6.33 Å². The summed E-state index contributed by atoms with van der Waals surface area (Å²) in [5, 5.41) is 4.61. The first kappa shape index (κ1) is 14.4. The number of rotatable bonds is 3. The molecule has 2 aromatic heterocycles. The fraction of sp³-hybridized carbons (Fsp3) is 0.647. The summed E-state index contributed by atoms with van der Waals surface area (Å²) in [4.78, 5) is 11.5. The molecule has 0 bridgehead atoms. The minimum absolute atomic E-state index is 0.299. The summed E-state index contributed by atoms with van der Waals surface area (Å²) < 4.78 is 6.35. The molecule has 4 rings (SSSR count). The van der Waals surface area contributed by atoms with Crippen LogP contribution < -0.4 is 10.1 Å². The number of aromatic nitrogens is 2. The zero-order chi connectivity index (χ0) is 14.9. The van der Waals surface area contributed by atoms with Gasteiger partial charge in [-0.1, -0.05) is 0 Å². The second-order valence-electron chi connectivity index (χ2n) is 6.45. The van der Waals surface area contributed by atoms with Crippen molar-refractivity contribution in [1.82, 2.24) is 15.3 Å². The molecule has 0 spiro atoms. The van der Waals surface area contributed by atoms with E-state index in [4.69, 9.17) is 4.74 Å². The van der Waals surface area contributed by atoms with E-state index in [9.17, 15) is 0 Å². The van der Waals surface area contributed by atoms with Crippen LogP contribution in [0.4, 0.5) is 0 Å². The number of nitrogens with one attached hydrogen (secondary N) is 1. The van der Waals surface area contributed by atoms with Gasteiger partial charge in [-0.05, 0) is 64.0 Å². The van der Waals surface area contributed by atoms with Crippen LogP contribution in [0.5, 0.6) is 5.88 Å². The number of hydrogen-bond acceptors (Lipinski definition) is 5. The largest absolute Gasteiger partial charge is 0.474 e. The van der Waals surface area contributed by atoms with Crippen molar-refractivity contribution in [3.63, 3.8) is 0 Å². The SMILES string of the molecule is CN[C@@H]1CCCC(Oc2ncnc3sc4c(c23)CCC4)CC1. The van der Waals surface area contributed by atoms with Crippen molar-refractivity contribution in [1.29, 1.82) is 0 Å². The summed E-state index contributed by atoms with van der Waals surface area (Å²) in [6.45, 7) is 0. The van der Waals surface area contributed by atoms with Gasteiger partial charge in [0.25, 0.3) is 0 Å². The van der Waals surface area contributed by atoms with Crippen molar-refractivity contribution in [2.45, 2.75) is 63.5 Å². The minimum atomic E-state index is 0.299. The van der Waals surface area contributed by atoms with Crippen molar-refractivity contribution in [3.8, 4) is 5.88 Å². The smallest absolute Gasteiger partial charge is 0.225 e. The van der Waals surface area contributed by atoms with Crippen molar-refractivity contribution in [2.75, 3.05) is 7.05 Å². The molecule has 1 saturated carbocycles. The second-order valence-corrected chi connectivity index (χ2v) is 7.53. The molecule has 22 heavy (non-hydrogen) atoms. The Bertz CT molecular complexity index is 669. The molecule has 2 aliphatic rings. The Balaban J connectivity index is 1.59. The molecule has 0 aromatic carbocycles. The quantitative estimate of drug-likeness (QED) is 0.881. The van der Waals surface area contributed by atoms with Crippen LogP contribution in [-0.2, 0) is 12.8 Å². The maximum Gasteiger partial charge on any atom is 0.225 e. The highest BCUT2D eigenvalue weighted by molar-refractivity contribution is 7.18. The first-order chi connectivity index (χ1) is 10.8. The third-order valence-electron chi connectivity index (χ3n) is 5.07. The van der Waals surface area contributed by atoms with E-state index in [0.717, 1.165) is 30.0 Å². The predicted octanol–water partition coefficient (Wildman–Crippen LogP) is 3.48. The lowest BCUT2D eigenvalue weighted by atomic mass is 10.1. The number of fused-ring (bicyclic) bond motifs is 3. The van der Waals surface area contributed by atoms with Crippen LogP contribution in [0.2, 0.25) is 0 Å². The molecule has 0 radical (unpaired) electrons. The average Bonchev–Trinajstić information content (AvgIpc) is 3.03. The summed E-state index contributed by atoms with van der Waals surface area (Å²) >= 11 is 1.83. The Kier molecular flexibility index (Phi) is 4.01. The highest BCUT2D eigenvalue weighted by atomic mass is 32.1. The molecule has 1 N–H and O–H groups in total. The minimum Gasteiger partial charge on any atom is -0.474 e. The molecule has 2 aliphatic carbocycles. The lowest BCUT2D eigenvalue weighted by molar-refractivity contribution is 0.177. The Morgan fingerprint density at radius 3 is 3.00 bits per heavy atom. The lowest BCUT2D eigenvalue weighted by Gasteiger charge is -2.17. The lowest BCUT2D eigenvalue weighted by Crippen LogP contribution is -2.24. The van der Waals surface area contributed by atoms with Gasteiger partial charge in [-0.25, -0.2) is 9.97 Å². The summed E-state index contributed by atoms with van der Waals surface area (Å²) in [5.41, 5.74) is 1.46. The van der Waals surface area contributed by atoms with E-state index in [1.807, 2.05) is 11.3 Å². The van der Waals surface area contributed by atoms with Crippen LogP contribution >= 0.6 is 11.3 Å². The van der Waals surface area contributed by atoms with Crippen LogP contribution in [0, 0.1) is 0 Å². The fourth-order valence-electron chi connectivity index (χ4n) is 3.82. The summed E-state index contributed by atoms with van der Waals surface area (Å²) in [6, 6.07) is 0.643. The second kappa shape index (κ2) is 6.13. The van der Waals surface area contributed by atoms with Gasteiger partial charge >= 0.3 is 0 Å². The van der Waals surface area contributed by atoms with Crippen molar-refractivity contribution < 1.29 is 4.74 Å². The Morgan fingerprint density at radius 2 is 2.09 bits per heavy atom. The van der Waals surface area contributed by atoms with Crippen molar-refractivity contribution in [3.05, 3.63) is 16.8 Å². The van der Waals surface area contributed by atoms with Crippen LogP contribution in [0.3, 0.4) is 0 Å². The van der Waals surface area contributed by atoms with Gasteiger partial charge in [-0.3, -0.25) is 0 Å². The van der Waals surface area contributed by atoms with Gasteiger partial charge < -0.3 is 10.1 Å². The average molecular weight is 317 g/mol. The summed E-state index contributed by atoms with van der Waals surface area (Å²) in [5.74, 6) is 0.831. The van der Waals surface area contributed by atoms with Gasteiger partial charge in [0.2, 0.25) is 5.88 Å². The molecule has 4 nitrogen and oxygen atoms in total. The van der Waals surface area contributed by atoms with Crippen molar-refractivity contribution in [2.24, 2.45) is 0 Å². The van der Waals surface area contributed by atoms with E-state index in [1.54, 1.807) is 6.33 Å². The van der Waals surface area contributed by atoms with E-state index < -0.39 is 0 Å². The molecule has 1 unspecified atom stereocenters. The van der Waals surface area contributed by atoms with Gasteiger partial charge in [0.15, 0.2) is 0 Å². The first-order valence-electron chi connectivity index (χ1n) is 8.44. The molecule has 118 valence electrons. The van der Waals surface area contributed by atoms with E-state index in [-0.39, 0.29) is 0 Å². The molecule has 2 atom stereocenters. The third kappa shape index (κ3) is 2.61. The maximum absolute atomic E-state index is 6.35. The first-order valence-corrected chi connectivity index (χ1v) is 9.26. The molecule has 5 heteroatoms. The monoisotopic (exact) mass is 317 g/mol. The van der Waals surface area contributed by atoms with Gasteiger partial charge in [-0.2, -0.15) is 0 Å². The number of hydrogen-bond donors (Lipinski definition) is 1. The number of aryl methyl sites for hydroxylation is 2. The van der Waals surface area contributed by atoms with Crippen LogP contribution in [-0.4, -0.2) is 29.2 Å². The summed E-state index contributed by atoms with van der Waals surface area (Å²) in [7, 11) is 2.06. The van der Waals surface area contributed by atoms with Gasteiger partial charge in [0.05, 0.1) is 5.39 Å². The molecule has 0 aliphatic heterocycles. The van der Waals surface area contributed by atoms with Gasteiger partial charge in [0, 0.05) is 10.9 Å². The molecule has 0 saturated heterocycles. The Labute approximate surface area is 135 Å². The normalized spacial score (nSPS) is 25.1. The van der Waals surface area contributed by atoms with Crippen LogP contribution in [0.25, 0.3) is 10.2 Å². The van der Waals surface area contributed by atoms with Gasteiger partial charge in [0.1, 0.15) is 17.3 Å². The molecule has 1 fully saturated rings. The van der Waals surface area contributed by atoms with Gasteiger partial charge in [-0.15, -0.1) is 11.3 Å². The third-order valence-corrected chi connectivity index (χ3v) is 6.27. The van der Waals surface area contributed by atoms with E-state index in [1.165, 1.54) is 47.9 Å². The maximum atomic E-state index is 6.35. The predicted molar refractivity (Wildman–Crippen MR) is 89.8 cm³/mol. The topological polar surface area (TPSA) is 47.0 Å². The van der Waals surface area contributed by atoms with Crippen LogP contribution in [0.1, 0.15) is 49.0 Å². The molecular formula is C17H23N3OS. The number of ether oxygens (including phenoxy) is 1. The Morgan fingerprint density at radius 1 is 1.14 bits per heavy atom. The molecule has 0 amide bonds. The number of nitrogens with zero attached hydrogens (tertiary/aromatic N) is 2. The summed E-state index contributed by atoms with van der Waals surface area (Å²) in [6.07, 6.45) is 11.5. The van der Waals surface area contributed by atoms with E-state index >= 15 is 0 Å². The molecule has 2 aromatic rings.